The molecule has 0 saturated carbocycles. The van der Waals surface area contributed by atoms with Crippen LogP contribution in [0.25, 0.3) is 10.6 Å². The highest BCUT2D eigenvalue weighted by Crippen LogP contribution is 2.34. The molecular weight excluding hydrogens is 498 g/mol. The highest BCUT2D eigenvalue weighted by atomic mass is 32.2. The second kappa shape index (κ2) is 11.1. The number of methoxy groups -OCH3 is 2. The van der Waals surface area contributed by atoms with Crippen LogP contribution in [0.15, 0.2) is 42.5 Å². The first-order chi connectivity index (χ1) is 16.6. The molecule has 1 N–H and O–H groups in total. The first kappa shape index (κ1) is 25.8. The summed E-state index contributed by atoms with van der Waals surface area (Å²) in [5, 5.41) is 22.8. The summed E-state index contributed by atoms with van der Waals surface area (Å²) >= 11 is 1.20. The number of aromatic nitrogens is 2. The minimum atomic E-state index is -3.81. The minimum Gasteiger partial charge on any atom is -0.497 e. The molecule has 0 radical (unpaired) electrons. The number of sulfonamides is 1. The van der Waals surface area contributed by atoms with Gasteiger partial charge in [0.1, 0.15) is 22.2 Å². The molecule has 35 heavy (non-hydrogen) atoms. The largest absolute Gasteiger partial charge is 0.497 e. The zero-order valence-corrected chi connectivity index (χ0v) is 20.8. The molecule has 0 aliphatic heterocycles. The van der Waals surface area contributed by atoms with Gasteiger partial charge in [-0.25, -0.2) is 8.42 Å². The lowest BCUT2D eigenvalue weighted by Gasteiger charge is -2.24. The van der Waals surface area contributed by atoms with Gasteiger partial charge < -0.3 is 14.8 Å². The van der Waals surface area contributed by atoms with E-state index in [2.05, 4.69) is 15.5 Å². The number of benzene rings is 2. The fourth-order valence-electron chi connectivity index (χ4n) is 3.14. The van der Waals surface area contributed by atoms with E-state index in [9.17, 15) is 23.3 Å². The maximum Gasteiger partial charge on any atom is 0.271 e. The molecule has 0 unspecified atom stereocenters. The summed E-state index contributed by atoms with van der Waals surface area (Å²) in [4.78, 5) is 22.9. The zero-order valence-electron chi connectivity index (χ0n) is 19.1. The number of carbonyl (C=O) groups is 1. The Morgan fingerprint density at radius 2 is 1.86 bits per heavy atom. The predicted octanol–water partition coefficient (Wildman–Crippen LogP) is 3.32. The molecule has 2 aromatic carbocycles. The summed E-state index contributed by atoms with van der Waals surface area (Å²) < 4.78 is 36.1. The molecule has 0 saturated heterocycles. The molecule has 0 fully saturated rings. The fraction of sp³-hybridized carbons (Fsp3) is 0.286. The number of nitro benzene ring substituents is 1. The van der Waals surface area contributed by atoms with E-state index in [-0.39, 0.29) is 42.4 Å². The number of nitrogens with zero attached hydrogens (tertiary/aromatic N) is 4. The van der Waals surface area contributed by atoms with Crippen LogP contribution in [0.1, 0.15) is 12.8 Å². The van der Waals surface area contributed by atoms with Crippen LogP contribution in [-0.2, 0) is 14.8 Å². The third-order valence-electron chi connectivity index (χ3n) is 4.82. The van der Waals surface area contributed by atoms with Gasteiger partial charge in [-0.3, -0.25) is 19.2 Å². The monoisotopic (exact) mass is 521 g/mol. The lowest BCUT2D eigenvalue weighted by molar-refractivity contribution is -0.384. The Morgan fingerprint density at radius 1 is 1.14 bits per heavy atom. The summed E-state index contributed by atoms with van der Waals surface area (Å²) in [5.74, 6) is 0.491. The van der Waals surface area contributed by atoms with E-state index >= 15 is 0 Å². The van der Waals surface area contributed by atoms with Crippen LogP contribution in [0.4, 0.5) is 16.5 Å². The Hall–Kier alpha value is -3.78. The first-order valence-corrected chi connectivity index (χ1v) is 12.9. The van der Waals surface area contributed by atoms with Gasteiger partial charge in [-0.15, -0.1) is 10.2 Å². The molecule has 3 rings (SSSR count). The standard InChI is InChI=1S/C21H23N5O7S2/c1-32-16-9-6-14(7-10-16)20-23-24-21(34-20)22-19(27)5-4-12-25(35(3,30)31)17-13-15(26(28)29)8-11-18(17)33-2/h6-11,13H,4-5,12H2,1-3H3,(H,22,24,27). The van der Waals surface area contributed by atoms with Crippen LogP contribution >= 0.6 is 11.3 Å². The van der Waals surface area contributed by atoms with Crippen molar-refractivity contribution < 1.29 is 27.6 Å². The van der Waals surface area contributed by atoms with Crippen LogP contribution in [0.3, 0.4) is 0 Å². The van der Waals surface area contributed by atoms with Crippen molar-refractivity contribution in [2.24, 2.45) is 0 Å². The van der Waals surface area contributed by atoms with Gasteiger partial charge in [0.05, 0.1) is 25.4 Å². The zero-order chi connectivity index (χ0) is 25.6. The van der Waals surface area contributed by atoms with E-state index in [4.69, 9.17) is 9.47 Å². The summed E-state index contributed by atoms with van der Waals surface area (Å²) in [7, 11) is -0.906. The van der Waals surface area contributed by atoms with Crippen molar-refractivity contribution in [2.45, 2.75) is 12.8 Å². The molecule has 1 aromatic heterocycles. The number of rotatable bonds is 11. The van der Waals surface area contributed by atoms with Crippen molar-refractivity contribution in [2.75, 3.05) is 36.6 Å². The highest BCUT2D eigenvalue weighted by Gasteiger charge is 2.24. The number of ether oxygens (including phenoxy) is 2. The van der Waals surface area contributed by atoms with Crippen LogP contribution in [-0.4, -0.2) is 56.5 Å². The smallest absolute Gasteiger partial charge is 0.271 e. The number of hydrogen-bond acceptors (Lipinski definition) is 10. The van der Waals surface area contributed by atoms with Gasteiger partial charge in [0.25, 0.3) is 5.69 Å². The Bertz CT molecular complexity index is 1310. The lowest BCUT2D eigenvalue weighted by Crippen LogP contribution is -2.32. The molecule has 0 aliphatic carbocycles. The second-order valence-electron chi connectivity index (χ2n) is 7.24. The van der Waals surface area contributed by atoms with Crippen LogP contribution in [0.5, 0.6) is 11.5 Å². The Morgan fingerprint density at radius 3 is 2.46 bits per heavy atom. The number of hydrogen-bond donors (Lipinski definition) is 1. The number of amides is 1. The average Bonchev–Trinajstić information content (AvgIpc) is 3.29. The van der Waals surface area contributed by atoms with Crippen molar-refractivity contribution in [1.29, 1.82) is 0 Å². The molecule has 0 atom stereocenters. The van der Waals surface area contributed by atoms with Crippen molar-refractivity contribution in [3.8, 4) is 22.1 Å². The van der Waals surface area contributed by atoms with E-state index in [1.54, 1.807) is 19.2 Å². The summed E-state index contributed by atoms with van der Waals surface area (Å²) in [6.07, 6.45) is 1.11. The number of anilines is 2. The highest BCUT2D eigenvalue weighted by molar-refractivity contribution is 7.92. The molecule has 0 aliphatic rings. The number of carbonyl (C=O) groups excluding carboxylic acids is 1. The maximum absolute atomic E-state index is 12.4. The van der Waals surface area contributed by atoms with Crippen molar-refractivity contribution >= 4 is 43.8 Å². The summed E-state index contributed by atoms with van der Waals surface area (Å²) in [6.45, 7) is -0.0863. The van der Waals surface area contributed by atoms with Gasteiger partial charge in [0, 0.05) is 30.7 Å². The normalized spacial score (nSPS) is 11.1. The molecule has 1 amide bonds. The lowest BCUT2D eigenvalue weighted by atomic mass is 10.2. The molecule has 1 heterocycles. The SMILES string of the molecule is COc1ccc(-c2nnc(NC(=O)CCCN(c3cc([N+](=O)[O-])ccc3OC)S(C)(=O)=O)s2)cc1. The third kappa shape index (κ3) is 6.64. The molecule has 12 nitrogen and oxygen atoms in total. The van der Waals surface area contributed by atoms with Gasteiger partial charge in [-0.2, -0.15) is 0 Å². The molecular formula is C21H23N5O7S2. The van der Waals surface area contributed by atoms with Crippen molar-refractivity contribution in [3.63, 3.8) is 0 Å². The topological polar surface area (TPSA) is 154 Å². The van der Waals surface area contributed by atoms with Gasteiger partial charge in [0.15, 0.2) is 0 Å². The van der Waals surface area contributed by atoms with Crippen molar-refractivity contribution in [3.05, 3.63) is 52.6 Å². The quantitative estimate of drug-likeness (QED) is 0.295. The molecule has 3 aromatic rings. The fourth-order valence-corrected chi connectivity index (χ4v) is 4.87. The van der Waals surface area contributed by atoms with E-state index in [0.717, 1.165) is 22.2 Å². The Kier molecular flexibility index (Phi) is 8.19. The van der Waals surface area contributed by atoms with Crippen LogP contribution in [0.2, 0.25) is 0 Å². The predicted molar refractivity (Wildman–Crippen MR) is 132 cm³/mol. The van der Waals surface area contributed by atoms with E-state index < -0.39 is 14.9 Å². The average molecular weight is 522 g/mol. The number of nitrogens with one attached hydrogen (secondary N) is 1. The molecule has 14 heteroatoms. The van der Waals surface area contributed by atoms with Gasteiger partial charge in [0.2, 0.25) is 21.1 Å². The van der Waals surface area contributed by atoms with Crippen molar-refractivity contribution in [1.82, 2.24) is 10.2 Å². The summed E-state index contributed by atoms with van der Waals surface area (Å²) in [5.41, 5.74) is 0.562. The number of nitro groups is 1. The van der Waals surface area contributed by atoms with E-state index in [0.29, 0.717) is 15.9 Å². The Balaban J connectivity index is 1.65. The van der Waals surface area contributed by atoms with E-state index in [1.165, 1.54) is 30.6 Å². The second-order valence-corrected chi connectivity index (χ2v) is 10.1. The number of non-ortho nitro benzene ring substituents is 1. The van der Waals surface area contributed by atoms with E-state index in [1.807, 2.05) is 12.1 Å². The van der Waals surface area contributed by atoms with Gasteiger partial charge >= 0.3 is 0 Å². The molecule has 0 spiro atoms. The Labute approximate surface area is 205 Å². The van der Waals surface area contributed by atoms with Gasteiger partial charge in [-0.05, 0) is 36.8 Å². The summed E-state index contributed by atoms with van der Waals surface area (Å²) in [6, 6.07) is 10.9. The van der Waals surface area contributed by atoms with Crippen LogP contribution in [0, 0.1) is 10.1 Å². The third-order valence-corrected chi connectivity index (χ3v) is 6.88. The van der Waals surface area contributed by atoms with Gasteiger partial charge in [-0.1, -0.05) is 11.3 Å². The molecule has 0 bridgehead atoms. The van der Waals surface area contributed by atoms with Crippen LogP contribution < -0.4 is 19.1 Å². The molecule has 186 valence electrons. The maximum atomic E-state index is 12.4. The minimum absolute atomic E-state index is 0.0132. The first-order valence-electron chi connectivity index (χ1n) is 10.2.